The zero-order valence-electron chi connectivity index (χ0n) is 13.0. The number of amides is 1. The van der Waals surface area contributed by atoms with Crippen LogP contribution in [-0.4, -0.2) is 37.5 Å². The number of rotatable bonds is 5. The number of carbonyl (C=O) groups is 1. The molecule has 3 heteroatoms. The summed E-state index contributed by atoms with van der Waals surface area (Å²) >= 11 is 0. The van der Waals surface area contributed by atoms with Crippen molar-refractivity contribution in [1.82, 2.24) is 4.90 Å². The van der Waals surface area contributed by atoms with E-state index < -0.39 is 0 Å². The van der Waals surface area contributed by atoms with E-state index in [9.17, 15) is 4.79 Å². The van der Waals surface area contributed by atoms with E-state index in [4.69, 9.17) is 0 Å². The maximum Gasteiger partial charge on any atom is 0.241 e. The standard InChI is InChI=1S/C19H22N2O/c1-20(13-11-16-7-3-2-4-8-16)15-19(22)21-14-12-17-9-5-6-10-18(17)21/h2-10H,11-15H2,1H3. The van der Waals surface area contributed by atoms with Crippen molar-refractivity contribution in [2.45, 2.75) is 12.8 Å². The van der Waals surface area contributed by atoms with Gasteiger partial charge in [0.1, 0.15) is 0 Å². The number of anilines is 1. The average Bonchev–Trinajstić information content (AvgIpc) is 2.98. The largest absolute Gasteiger partial charge is 0.311 e. The molecule has 3 nitrogen and oxygen atoms in total. The van der Waals surface area contributed by atoms with Gasteiger partial charge < -0.3 is 4.90 Å². The van der Waals surface area contributed by atoms with Gasteiger partial charge in [-0.1, -0.05) is 48.5 Å². The van der Waals surface area contributed by atoms with Crippen LogP contribution in [0.5, 0.6) is 0 Å². The molecular weight excluding hydrogens is 272 g/mol. The maximum absolute atomic E-state index is 12.5. The first-order valence-electron chi connectivity index (χ1n) is 7.85. The van der Waals surface area contributed by atoms with Crippen LogP contribution in [0.2, 0.25) is 0 Å². The highest BCUT2D eigenvalue weighted by molar-refractivity contribution is 5.96. The van der Waals surface area contributed by atoms with E-state index in [2.05, 4.69) is 35.2 Å². The van der Waals surface area contributed by atoms with Crippen molar-refractivity contribution in [3.8, 4) is 0 Å². The van der Waals surface area contributed by atoms with E-state index in [0.717, 1.165) is 31.6 Å². The second-order valence-corrected chi connectivity index (χ2v) is 5.90. The Morgan fingerprint density at radius 1 is 1.09 bits per heavy atom. The SMILES string of the molecule is CN(CCc1ccccc1)CC(=O)N1CCc2ccccc21. The van der Waals surface area contributed by atoms with Gasteiger partial charge in [0, 0.05) is 18.8 Å². The Kier molecular flexibility index (Phi) is 4.54. The van der Waals surface area contributed by atoms with Crippen LogP contribution in [-0.2, 0) is 17.6 Å². The molecule has 0 saturated carbocycles. The maximum atomic E-state index is 12.5. The van der Waals surface area contributed by atoms with Gasteiger partial charge in [0.25, 0.3) is 0 Å². The highest BCUT2D eigenvalue weighted by atomic mass is 16.2. The first kappa shape index (κ1) is 14.8. The lowest BCUT2D eigenvalue weighted by atomic mass is 10.1. The van der Waals surface area contributed by atoms with Crippen LogP contribution < -0.4 is 4.90 Å². The van der Waals surface area contributed by atoms with Crippen LogP contribution >= 0.6 is 0 Å². The summed E-state index contributed by atoms with van der Waals surface area (Å²) in [5, 5.41) is 0. The number of benzene rings is 2. The summed E-state index contributed by atoms with van der Waals surface area (Å²) in [7, 11) is 2.02. The first-order chi connectivity index (χ1) is 10.7. The van der Waals surface area contributed by atoms with Crippen LogP contribution in [0, 0.1) is 0 Å². The second kappa shape index (κ2) is 6.75. The third kappa shape index (κ3) is 3.37. The number of para-hydroxylation sites is 1. The molecule has 0 bridgehead atoms. The molecule has 0 fully saturated rings. The molecule has 22 heavy (non-hydrogen) atoms. The molecule has 0 unspecified atom stereocenters. The lowest BCUT2D eigenvalue weighted by Gasteiger charge is -2.22. The van der Waals surface area contributed by atoms with Crippen LogP contribution in [0.25, 0.3) is 0 Å². The Morgan fingerprint density at radius 3 is 2.64 bits per heavy atom. The molecule has 1 aliphatic heterocycles. The lowest BCUT2D eigenvalue weighted by molar-refractivity contribution is -0.119. The molecule has 0 aliphatic carbocycles. The third-order valence-electron chi connectivity index (χ3n) is 4.22. The molecule has 0 N–H and O–H groups in total. The monoisotopic (exact) mass is 294 g/mol. The summed E-state index contributed by atoms with van der Waals surface area (Å²) in [5.41, 5.74) is 3.68. The Morgan fingerprint density at radius 2 is 1.82 bits per heavy atom. The molecule has 114 valence electrons. The van der Waals surface area contributed by atoms with Crippen molar-refractivity contribution in [3.63, 3.8) is 0 Å². The van der Waals surface area contributed by atoms with E-state index >= 15 is 0 Å². The van der Waals surface area contributed by atoms with Crippen LogP contribution in [0.3, 0.4) is 0 Å². The Balaban J connectivity index is 1.54. The summed E-state index contributed by atoms with van der Waals surface area (Å²) < 4.78 is 0. The van der Waals surface area contributed by atoms with E-state index in [1.807, 2.05) is 36.2 Å². The molecule has 1 heterocycles. The average molecular weight is 294 g/mol. The molecule has 0 spiro atoms. The fourth-order valence-electron chi connectivity index (χ4n) is 2.96. The van der Waals surface area contributed by atoms with Gasteiger partial charge in [-0.25, -0.2) is 0 Å². The van der Waals surface area contributed by atoms with Gasteiger partial charge in [0.2, 0.25) is 5.91 Å². The highest BCUT2D eigenvalue weighted by Gasteiger charge is 2.24. The number of nitrogens with zero attached hydrogens (tertiary/aromatic N) is 2. The van der Waals surface area contributed by atoms with E-state index in [-0.39, 0.29) is 5.91 Å². The number of fused-ring (bicyclic) bond motifs is 1. The van der Waals surface area contributed by atoms with Crippen molar-refractivity contribution in [3.05, 3.63) is 65.7 Å². The molecule has 2 aromatic carbocycles. The molecule has 0 saturated heterocycles. The third-order valence-corrected chi connectivity index (χ3v) is 4.22. The van der Waals surface area contributed by atoms with E-state index in [1.165, 1.54) is 11.1 Å². The normalized spacial score (nSPS) is 13.5. The molecule has 1 aliphatic rings. The van der Waals surface area contributed by atoms with Crippen molar-refractivity contribution < 1.29 is 4.79 Å². The van der Waals surface area contributed by atoms with Gasteiger partial charge in [0.15, 0.2) is 0 Å². The fraction of sp³-hybridized carbons (Fsp3) is 0.316. The van der Waals surface area contributed by atoms with Gasteiger partial charge >= 0.3 is 0 Å². The summed E-state index contributed by atoms with van der Waals surface area (Å²) in [6.07, 6.45) is 1.94. The predicted octanol–water partition coefficient (Wildman–Crippen LogP) is 2.75. The van der Waals surface area contributed by atoms with Gasteiger partial charge in [-0.3, -0.25) is 9.69 Å². The minimum atomic E-state index is 0.195. The lowest BCUT2D eigenvalue weighted by Crippen LogP contribution is -2.38. The van der Waals surface area contributed by atoms with Gasteiger partial charge in [-0.15, -0.1) is 0 Å². The van der Waals surface area contributed by atoms with E-state index in [1.54, 1.807) is 0 Å². The first-order valence-corrected chi connectivity index (χ1v) is 7.85. The number of hydrogen-bond acceptors (Lipinski definition) is 2. The van der Waals surface area contributed by atoms with Crippen molar-refractivity contribution in [2.24, 2.45) is 0 Å². The number of hydrogen-bond donors (Lipinski definition) is 0. The Labute approximate surface area is 132 Å². The summed E-state index contributed by atoms with van der Waals surface area (Å²) in [4.78, 5) is 16.5. The van der Waals surface area contributed by atoms with Crippen molar-refractivity contribution in [1.29, 1.82) is 0 Å². The molecule has 0 aromatic heterocycles. The second-order valence-electron chi connectivity index (χ2n) is 5.90. The zero-order chi connectivity index (χ0) is 15.4. The minimum Gasteiger partial charge on any atom is -0.311 e. The van der Waals surface area contributed by atoms with Gasteiger partial charge in [-0.2, -0.15) is 0 Å². The topological polar surface area (TPSA) is 23.6 Å². The number of likely N-dealkylation sites (N-methyl/N-ethyl adjacent to an activating group) is 1. The minimum absolute atomic E-state index is 0.195. The fourth-order valence-corrected chi connectivity index (χ4v) is 2.96. The predicted molar refractivity (Wildman–Crippen MR) is 90.1 cm³/mol. The molecule has 2 aromatic rings. The number of carbonyl (C=O) groups excluding carboxylic acids is 1. The van der Waals surface area contributed by atoms with Crippen LogP contribution in [0.4, 0.5) is 5.69 Å². The van der Waals surface area contributed by atoms with Gasteiger partial charge in [-0.05, 0) is 37.1 Å². The quantitative estimate of drug-likeness (QED) is 0.846. The van der Waals surface area contributed by atoms with Crippen molar-refractivity contribution >= 4 is 11.6 Å². The molecule has 0 radical (unpaired) electrons. The Bertz CT molecular complexity index is 639. The molecule has 3 rings (SSSR count). The Hall–Kier alpha value is -2.13. The zero-order valence-corrected chi connectivity index (χ0v) is 13.0. The summed E-state index contributed by atoms with van der Waals surface area (Å²) in [6.45, 7) is 2.18. The molecule has 1 amide bonds. The summed E-state index contributed by atoms with van der Waals surface area (Å²) in [6, 6.07) is 18.6. The highest BCUT2D eigenvalue weighted by Crippen LogP contribution is 2.27. The van der Waals surface area contributed by atoms with Crippen molar-refractivity contribution in [2.75, 3.05) is 31.6 Å². The molecular formula is C19H22N2O. The van der Waals surface area contributed by atoms with Crippen LogP contribution in [0.15, 0.2) is 54.6 Å². The molecule has 0 atom stereocenters. The summed E-state index contributed by atoms with van der Waals surface area (Å²) in [5.74, 6) is 0.195. The van der Waals surface area contributed by atoms with Gasteiger partial charge in [0.05, 0.1) is 6.54 Å². The smallest absolute Gasteiger partial charge is 0.241 e. The van der Waals surface area contributed by atoms with E-state index in [0.29, 0.717) is 6.54 Å². The van der Waals surface area contributed by atoms with Crippen LogP contribution in [0.1, 0.15) is 11.1 Å².